The van der Waals surface area contributed by atoms with Crippen LogP contribution in [0.3, 0.4) is 0 Å². The van der Waals surface area contributed by atoms with E-state index in [9.17, 15) is 9.59 Å². The minimum atomic E-state index is -0.355. The maximum atomic E-state index is 13.8. The Morgan fingerprint density at radius 3 is 2.15 bits per heavy atom. The van der Waals surface area contributed by atoms with Crippen molar-refractivity contribution in [3.05, 3.63) is 113 Å². The summed E-state index contributed by atoms with van der Waals surface area (Å²) in [6, 6.07) is 27.1. The first kappa shape index (κ1) is 20.7. The fourth-order valence-corrected chi connectivity index (χ4v) is 4.34. The lowest BCUT2D eigenvalue weighted by Crippen LogP contribution is -2.32. The van der Waals surface area contributed by atoms with Gasteiger partial charge in [0.15, 0.2) is 0 Å². The van der Waals surface area contributed by atoms with Crippen LogP contribution < -0.4 is 10.2 Å². The molecule has 4 aromatic rings. The molecule has 5 rings (SSSR count). The second kappa shape index (κ2) is 8.06. The lowest BCUT2D eigenvalue weighted by Gasteiger charge is -2.18. The zero-order valence-electron chi connectivity index (χ0n) is 18.8. The van der Waals surface area contributed by atoms with Gasteiger partial charge in [0.05, 0.1) is 11.3 Å². The number of imide groups is 1. The van der Waals surface area contributed by atoms with Gasteiger partial charge in [-0.05, 0) is 49.4 Å². The third kappa shape index (κ3) is 3.60. The molecule has 4 aromatic carbocycles. The van der Waals surface area contributed by atoms with Crippen LogP contribution in [0.25, 0.3) is 16.3 Å². The van der Waals surface area contributed by atoms with E-state index in [1.54, 1.807) is 0 Å². The normalized spacial score (nSPS) is 13.8. The van der Waals surface area contributed by atoms with E-state index in [1.165, 1.54) is 4.90 Å². The van der Waals surface area contributed by atoms with Crippen molar-refractivity contribution in [1.29, 1.82) is 0 Å². The summed E-state index contributed by atoms with van der Waals surface area (Å²) in [4.78, 5) is 28.9. The molecule has 0 aliphatic carbocycles. The molecule has 4 nitrogen and oxygen atoms in total. The van der Waals surface area contributed by atoms with Crippen LogP contribution in [0.1, 0.15) is 22.3 Å². The molecule has 0 saturated heterocycles. The van der Waals surface area contributed by atoms with Gasteiger partial charge in [-0.15, -0.1) is 0 Å². The number of nitrogens with one attached hydrogen (secondary N) is 1. The van der Waals surface area contributed by atoms with Crippen LogP contribution in [-0.4, -0.2) is 11.8 Å². The number of anilines is 2. The van der Waals surface area contributed by atoms with Crippen LogP contribution in [0, 0.1) is 20.8 Å². The van der Waals surface area contributed by atoms with Crippen molar-refractivity contribution in [2.75, 3.05) is 10.2 Å². The van der Waals surface area contributed by atoms with Gasteiger partial charge in [0.1, 0.15) is 5.70 Å². The molecule has 0 radical (unpaired) electrons. The van der Waals surface area contributed by atoms with E-state index in [1.807, 2.05) is 99.6 Å². The van der Waals surface area contributed by atoms with E-state index in [4.69, 9.17) is 0 Å². The monoisotopic (exact) mass is 432 g/mol. The van der Waals surface area contributed by atoms with Gasteiger partial charge in [-0.1, -0.05) is 83.9 Å². The summed E-state index contributed by atoms with van der Waals surface area (Å²) in [6.07, 6.45) is 0. The second-order valence-corrected chi connectivity index (χ2v) is 8.50. The molecule has 1 N–H and O–H groups in total. The van der Waals surface area contributed by atoms with E-state index in [-0.39, 0.29) is 11.8 Å². The van der Waals surface area contributed by atoms with Crippen molar-refractivity contribution in [2.24, 2.45) is 0 Å². The minimum absolute atomic E-state index is 0.295. The first-order chi connectivity index (χ1) is 15.9. The summed E-state index contributed by atoms with van der Waals surface area (Å²) in [7, 11) is 0. The number of nitrogens with zero attached hydrogens (tertiary/aromatic N) is 1. The van der Waals surface area contributed by atoms with E-state index >= 15 is 0 Å². The van der Waals surface area contributed by atoms with Crippen molar-refractivity contribution >= 4 is 39.5 Å². The predicted molar refractivity (Wildman–Crippen MR) is 134 cm³/mol. The van der Waals surface area contributed by atoms with Crippen molar-refractivity contribution in [2.45, 2.75) is 20.8 Å². The number of benzene rings is 4. The molecule has 162 valence electrons. The predicted octanol–water partition coefficient (Wildman–Crippen LogP) is 6.16. The average molecular weight is 433 g/mol. The van der Waals surface area contributed by atoms with E-state index < -0.39 is 0 Å². The van der Waals surface area contributed by atoms with Gasteiger partial charge < -0.3 is 5.32 Å². The fraction of sp³-hybridized carbons (Fsp3) is 0.103. The highest BCUT2D eigenvalue weighted by Gasteiger charge is 2.41. The molecular weight excluding hydrogens is 408 g/mol. The smallest absolute Gasteiger partial charge is 0.282 e. The molecule has 1 aliphatic heterocycles. The zero-order valence-corrected chi connectivity index (χ0v) is 18.8. The maximum Gasteiger partial charge on any atom is 0.282 e. The summed E-state index contributed by atoms with van der Waals surface area (Å²) in [5.74, 6) is -0.681. The summed E-state index contributed by atoms with van der Waals surface area (Å²) in [6.45, 7) is 6.02. The van der Waals surface area contributed by atoms with Crippen LogP contribution in [0.5, 0.6) is 0 Å². The number of hydrogen-bond acceptors (Lipinski definition) is 3. The van der Waals surface area contributed by atoms with Crippen molar-refractivity contribution in [3.8, 4) is 0 Å². The Kier molecular flexibility index (Phi) is 5.06. The largest absolute Gasteiger partial charge is 0.350 e. The van der Waals surface area contributed by atoms with Crippen molar-refractivity contribution in [3.63, 3.8) is 0 Å². The average Bonchev–Trinajstić information content (AvgIpc) is 3.05. The third-order valence-corrected chi connectivity index (χ3v) is 6.07. The molecule has 0 bridgehead atoms. The van der Waals surface area contributed by atoms with Gasteiger partial charge in [-0.3, -0.25) is 9.59 Å². The van der Waals surface area contributed by atoms with Gasteiger partial charge in [0.25, 0.3) is 11.8 Å². The van der Waals surface area contributed by atoms with Crippen LogP contribution in [-0.2, 0) is 9.59 Å². The number of rotatable bonds is 4. The molecule has 0 spiro atoms. The molecule has 1 aliphatic rings. The SMILES string of the molecule is Cc1ccc(C2=C(Nc3ccc(C)cc3C)C(=O)N(c3cccc4ccccc34)C2=O)cc1. The first-order valence-electron chi connectivity index (χ1n) is 11.0. The molecular formula is C29H24N2O2. The number of aryl methyl sites for hydroxylation is 3. The molecule has 1 heterocycles. The Balaban J connectivity index is 1.67. The van der Waals surface area contributed by atoms with Crippen LogP contribution in [0.4, 0.5) is 11.4 Å². The third-order valence-electron chi connectivity index (χ3n) is 6.07. The highest BCUT2D eigenvalue weighted by molar-refractivity contribution is 6.47. The topological polar surface area (TPSA) is 49.4 Å². The van der Waals surface area contributed by atoms with E-state index in [0.717, 1.165) is 33.2 Å². The molecule has 0 aromatic heterocycles. The molecule has 33 heavy (non-hydrogen) atoms. The number of hydrogen-bond donors (Lipinski definition) is 1. The van der Waals surface area contributed by atoms with Gasteiger partial charge in [0.2, 0.25) is 0 Å². The highest BCUT2D eigenvalue weighted by Crippen LogP contribution is 2.37. The Morgan fingerprint density at radius 1 is 0.697 bits per heavy atom. The molecule has 0 fully saturated rings. The Labute approximate surface area is 193 Å². The Hall–Kier alpha value is -4.18. The van der Waals surface area contributed by atoms with E-state index in [0.29, 0.717) is 22.5 Å². The van der Waals surface area contributed by atoms with Gasteiger partial charge in [0, 0.05) is 11.1 Å². The zero-order chi connectivity index (χ0) is 23.1. The maximum absolute atomic E-state index is 13.8. The van der Waals surface area contributed by atoms with Gasteiger partial charge in [-0.2, -0.15) is 0 Å². The summed E-state index contributed by atoms with van der Waals surface area (Å²) in [5, 5.41) is 5.13. The summed E-state index contributed by atoms with van der Waals surface area (Å²) >= 11 is 0. The fourth-order valence-electron chi connectivity index (χ4n) is 4.34. The molecule has 4 heteroatoms. The summed E-state index contributed by atoms with van der Waals surface area (Å²) in [5.41, 5.74) is 6.02. The number of fused-ring (bicyclic) bond motifs is 1. The van der Waals surface area contributed by atoms with Gasteiger partial charge in [-0.25, -0.2) is 4.90 Å². The van der Waals surface area contributed by atoms with Crippen molar-refractivity contribution in [1.82, 2.24) is 0 Å². The number of carbonyl (C=O) groups is 2. The van der Waals surface area contributed by atoms with Crippen LogP contribution in [0.2, 0.25) is 0 Å². The second-order valence-electron chi connectivity index (χ2n) is 8.50. The Morgan fingerprint density at radius 2 is 1.39 bits per heavy atom. The standard InChI is InChI=1S/C29H24N2O2/c1-18-11-14-22(15-12-18)26-27(30-24-16-13-19(2)17-20(24)3)29(33)31(28(26)32)25-10-6-8-21-7-4-5-9-23(21)25/h4-17,30H,1-3H3. The van der Waals surface area contributed by atoms with Gasteiger partial charge >= 0.3 is 0 Å². The quantitative estimate of drug-likeness (QED) is 0.393. The molecule has 0 saturated carbocycles. The lowest BCUT2D eigenvalue weighted by molar-refractivity contribution is -0.120. The summed E-state index contributed by atoms with van der Waals surface area (Å²) < 4.78 is 0. The number of carbonyl (C=O) groups excluding carboxylic acids is 2. The van der Waals surface area contributed by atoms with Crippen molar-refractivity contribution < 1.29 is 9.59 Å². The highest BCUT2D eigenvalue weighted by atomic mass is 16.2. The van der Waals surface area contributed by atoms with Crippen LogP contribution >= 0.6 is 0 Å². The van der Waals surface area contributed by atoms with E-state index in [2.05, 4.69) is 11.4 Å². The lowest BCUT2D eigenvalue weighted by atomic mass is 10.0. The molecule has 0 unspecified atom stereocenters. The first-order valence-corrected chi connectivity index (χ1v) is 11.0. The molecule has 2 amide bonds. The Bertz CT molecular complexity index is 1440. The minimum Gasteiger partial charge on any atom is -0.350 e. The molecule has 0 atom stereocenters. The number of amides is 2. The van der Waals surface area contributed by atoms with Crippen LogP contribution in [0.15, 0.2) is 90.6 Å².